The molecule has 3 N–H and O–H groups in total. The smallest absolute Gasteiger partial charge is 0.233 e. The van der Waals surface area contributed by atoms with Crippen LogP contribution < -0.4 is 11.1 Å². The number of carbonyl (C=O) groups is 2. The molecule has 0 saturated carbocycles. The Morgan fingerprint density at radius 1 is 1.43 bits per heavy atom. The average molecular weight is 218 g/mol. The van der Waals surface area contributed by atoms with Crippen LogP contribution in [0.2, 0.25) is 0 Å². The van der Waals surface area contributed by atoms with E-state index in [-0.39, 0.29) is 16.3 Å². The van der Waals surface area contributed by atoms with Crippen LogP contribution >= 0.6 is 11.8 Å². The molecule has 82 valence electrons. The molecule has 0 rings (SSSR count). The molecule has 0 heterocycles. The number of thioether (sulfide) groups is 1. The van der Waals surface area contributed by atoms with Gasteiger partial charge < -0.3 is 11.1 Å². The van der Waals surface area contributed by atoms with Crippen LogP contribution in [0.1, 0.15) is 26.2 Å². The third-order valence-electron chi connectivity index (χ3n) is 1.77. The van der Waals surface area contributed by atoms with Crippen molar-refractivity contribution in [2.45, 2.75) is 31.4 Å². The predicted octanol–water partition coefficient (Wildman–Crippen LogP) is 0.510. The van der Waals surface area contributed by atoms with Gasteiger partial charge in [-0.3, -0.25) is 9.59 Å². The maximum atomic E-state index is 11.3. The van der Waals surface area contributed by atoms with Crippen molar-refractivity contribution in [2.24, 2.45) is 5.73 Å². The summed E-state index contributed by atoms with van der Waals surface area (Å²) in [4.78, 5) is 22.2. The van der Waals surface area contributed by atoms with Gasteiger partial charge in [0.1, 0.15) is 0 Å². The Balaban J connectivity index is 3.97. The summed E-state index contributed by atoms with van der Waals surface area (Å²) in [7, 11) is 1.58. The van der Waals surface area contributed by atoms with Crippen molar-refractivity contribution in [3.05, 3.63) is 0 Å². The second-order valence-electron chi connectivity index (χ2n) is 3.00. The van der Waals surface area contributed by atoms with Gasteiger partial charge in [0.2, 0.25) is 5.91 Å². The highest BCUT2D eigenvalue weighted by molar-refractivity contribution is 8.14. The first-order valence-electron chi connectivity index (χ1n) is 4.70. The molecule has 5 heteroatoms. The number of rotatable bonds is 6. The molecule has 14 heavy (non-hydrogen) atoms. The van der Waals surface area contributed by atoms with E-state index in [1.165, 1.54) is 6.92 Å². The Morgan fingerprint density at radius 3 is 2.50 bits per heavy atom. The van der Waals surface area contributed by atoms with Gasteiger partial charge in [-0.1, -0.05) is 18.2 Å². The molecule has 1 amide bonds. The van der Waals surface area contributed by atoms with E-state index in [2.05, 4.69) is 5.32 Å². The van der Waals surface area contributed by atoms with E-state index in [1.807, 2.05) is 0 Å². The normalized spacial score (nSPS) is 12.2. The minimum absolute atomic E-state index is 0.0219. The van der Waals surface area contributed by atoms with Crippen molar-refractivity contribution in [3.8, 4) is 0 Å². The van der Waals surface area contributed by atoms with Crippen molar-refractivity contribution < 1.29 is 9.59 Å². The molecule has 0 fully saturated rings. The van der Waals surface area contributed by atoms with Gasteiger partial charge in [0, 0.05) is 14.0 Å². The fraction of sp³-hybridized carbons (Fsp3) is 0.778. The van der Waals surface area contributed by atoms with Crippen molar-refractivity contribution >= 4 is 22.8 Å². The average Bonchev–Trinajstić information content (AvgIpc) is 2.15. The minimum Gasteiger partial charge on any atom is -0.358 e. The number of hydrogen-bond acceptors (Lipinski definition) is 4. The van der Waals surface area contributed by atoms with Crippen molar-refractivity contribution in [1.82, 2.24) is 5.32 Å². The first kappa shape index (κ1) is 13.4. The van der Waals surface area contributed by atoms with Gasteiger partial charge in [-0.05, 0) is 19.4 Å². The summed E-state index contributed by atoms with van der Waals surface area (Å²) >= 11 is 1.09. The number of carbonyl (C=O) groups excluding carboxylic acids is 2. The van der Waals surface area contributed by atoms with Gasteiger partial charge in [0.05, 0.1) is 5.25 Å². The first-order chi connectivity index (χ1) is 6.61. The van der Waals surface area contributed by atoms with E-state index in [4.69, 9.17) is 5.73 Å². The van der Waals surface area contributed by atoms with Crippen LogP contribution in [0.5, 0.6) is 0 Å². The fourth-order valence-corrected chi connectivity index (χ4v) is 1.99. The van der Waals surface area contributed by atoms with Crippen LogP contribution in [-0.2, 0) is 9.59 Å². The summed E-state index contributed by atoms with van der Waals surface area (Å²) in [5.74, 6) is -0.0813. The Morgan fingerprint density at radius 2 is 2.07 bits per heavy atom. The van der Waals surface area contributed by atoms with Crippen molar-refractivity contribution in [2.75, 3.05) is 13.6 Å². The van der Waals surface area contributed by atoms with E-state index in [0.29, 0.717) is 13.0 Å². The summed E-state index contributed by atoms with van der Waals surface area (Å²) in [6, 6.07) is 0. The Bertz CT molecular complexity index is 197. The maximum Gasteiger partial charge on any atom is 0.233 e. The predicted molar refractivity (Wildman–Crippen MR) is 59.0 cm³/mol. The minimum atomic E-state index is -0.260. The number of hydrogen-bond donors (Lipinski definition) is 2. The second-order valence-corrected chi connectivity index (χ2v) is 4.38. The van der Waals surface area contributed by atoms with E-state index in [1.54, 1.807) is 7.05 Å². The fourth-order valence-electron chi connectivity index (χ4n) is 1.08. The lowest BCUT2D eigenvalue weighted by molar-refractivity contribution is -0.120. The molecule has 0 bridgehead atoms. The molecule has 1 unspecified atom stereocenters. The molecule has 0 aliphatic heterocycles. The number of amides is 1. The summed E-state index contributed by atoms with van der Waals surface area (Å²) < 4.78 is 0. The van der Waals surface area contributed by atoms with E-state index >= 15 is 0 Å². The zero-order chi connectivity index (χ0) is 11.0. The van der Waals surface area contributed by atoms with Gasteiger partial charge in [-0.2, -0.15) is 0 Å². The topological polar surface area (TPSA) is 72.2 Å². The Hall–Kier alpha value is -0.550. The maximum absolute atomic E-state index is 11.3. The van der Waals surface area contributed by atoms with Crippen LogP contribution in [0.4, 0.5) is 0 Å². The molecule has 0 saturated heterocycles. The number of nitrogens with one attached hydrogen (secondary N) is 1. The van der Waals surface area contributed by atoms with Crippen molar-refractivity contribution in [1.29, 1.82) is 0 Å². The van der Waals surface area contributed by atoms with Gasteiger partial charge in [-0.15, -0.1) is 0 Å². The van der Waals surface area contributed by atoms with Crippen LogP contribution in [0.25, 0.3) is 0 Å². The SMILES string of the molecule is CNC(=O)C(CCCCN)SC(C)=O. The molecule has 4 nitrogen and oxygen atoms in total. The molecule has 0 aromatic carbocycles. The van der Waals surface area contributed by atoms with Crippen LogP contribution in [-0.4, -0.2) is 29.9 Å². The van der Waals surface area contributed by atoms with Crippen LogP contribution in [0.3, 0.4) is 0 Å². The molecular weight excluding hydrogens is 200 g/mol. The highest BCUT2D eigenvalue weighted by atomic mass is 32.2. The van der Waals surface area contributed by atoms with Crippen LogP contribution in [0, 0.1) is 0 Å². The molecule has 0 radical (unpaired) electrons. The number of unbranched alkanes of at least 4 members (excludes halogenated alkanes) is 1. The summed E-state index contributed by atoms with van der Waals surface area (Å²) in [5.41, 5.74) is 5.35. The van der Waals surface area contributed by atoms with Gasteiger partial charge in [0.25, 0.3) is 0 Å². The quantitative estimate of drug-likeness (QED) is 0.637. The molecule has 0 aromatic heterocycles. The highest BCUT2D eigenvalue weighted by Gasteiger charge is 2.18. The van der Waals surface area contributed by atoms with Gasteiger partial charge in [0.15, 0.2) is 5.12 Å². The van der Waals surface area contributed by atoms with E-state index in [0.717, 1.165) is 24.6 Å². The third kappa shape index (κ3) is 5.99. The molecule has 0 aliphatic carbocycles. The van der Waals surface area contributed by atoms with Crippen LogP contribution in [0.15, 0.2) is 0 Å². The Labute approximate surface area is 89.0 Å². The lowest BCUT2D eigenvalue weighted by Gasteiger charge is -2.12. The molecule has 0 spiro atoms. The zero-order valence-electron chi connectivity index (χ0n) is 8.71. The summed E-state index contributed by atoms with van der Waals surface area (Å²) in [6.07, 6.45) is 2.49. The zero-order valence-corrected chi connectivity index (χ0v) is 9.52. The first-order valence-corrected chi connectivity index (χ1v) is 5.58. The molecule has 1 atom stereocenters. The third-order valence-corrected chi connectivity index (χ3v) is 2.83. The number of nitrogens with two attached hydrogens (primary N) is 1. The monoisotopic (exact) mass is 218 g/mol. The molecular formula is C9H18N2O2S. The second kappa shape index (κ2) is 7.82. The van der Waals surface area contributed by atoms with E-state index < -0.39 is 0 Å². The summed E-state index contributed by atoms with van der Waals surface area (Å²) in [5, 5.41) is 2.27. The Kier molecular flexibility index (Phi) is 7.51. The summed E-state index contributed by atoms with van der Waals surface area (Å²) in [6.45, 7) is 2.11. The van der Waals surface area contributed by atoms with E-state index in [9.17, 15) is 9.59 Å². The van der Waals surface area contributed by atoms with Gasteiger partial charge >= 0.3 is 0 Å². The van der Waals surface area contributed by atoms with Crippen molar-refractivity contribution in [3.63, 3.8) is 0 Å². The lowest BCUT2D eigenvalue weighted by Crippen LogP contribution is -2.30. The standard InChI is InChI=1S/C9H18N2O2S/c1-7(12)14-8(9(13)11-2)5-3-4-6-10/h8H,3-6,10H2,1-2H3,(H,11,13). The largest absolute Gasteiger partial charge is 0.358 e. The molecule has 0 aromatic rings. The molecule has 0 aliphatic rings. The lowest BCUT2D eigenvalue weighted by atomic mass is 10.2. The van der Waals surface area contributed by atoms with Gasteiger partial charge in [-0.25, -0.2) is 0 Å². The highest BCUT2D eigenvalue weighted by Crippen LogP contribution is 2.18.